The number of nitrogens with two attached hydrogens (primary N) is 1. The van der Waals surface area contributed by atoms with E-state index in [1.807, 2.05) is 84.9 Å². The number of aliphatic carboxylic acids is 1. The van der Waals surface area contributed by atoms with Gasteiger partial charge in [-0.05, 0) is 82.5 Å². The molecule has 0 fully saturated rings. The largest absolute Gasteiger partial charge is 0.479 e. The van der Waals surface area contributed by atoms with Crippen molar-refractivity contribution >= 4 is 47.0 Å². The zero-order valence-electron chi connectivity index (χ0n) is 33.1. The molecule has 0 saturated heterocycles. The minimum Gasteiger partial charge on any atom is -0.479 e. The van der Waals surface area contributed by atoms with Crippen molar-refractivity contribution in [3.05, 3.63) is 154 Å². The summed E-state index contributed by atoms with van der Waals surface area (Å²) in [5.41, 5.74) is 12.5. The van der Waals surface area contributed by atoms with E-state index in [1.165, 1.54) is 0 Å². The summed E-state index contributed by atoms with van der Waals surface area (Å²) < 4.78 is 45.9. The molecule has 0 spiro atoms. The number of rotatable bonds is 17. The zero-order chi connectivity index (χ0) is 45.2. The lowest BCUT2D eigenvalue weighted by Gasteiger charge is -2.20. The Labute approximate surface area is 366 Å². The van der Waals surface area contributed by atoms with Gasteiger partial charge in [0.25, 0.3) is 0 Å². The van der Waals surface area contributed by atoms with Crippen molar-refractivity contribution in [3.63, 3.8) is 0 Å². The molecule has 11 nitrogen and oxygen atoms in total. The molecule has 16 heteroatoms. The summed E-state index contributed by atoms with van der Waals surface area (Å²) in [7, 11) is 0. The van der Waals surface area contributed by atoms with Crippen LogP contribution in [-0.4, -0.2) is 76.2 Å². The van der Waals surface area contributed by atoms with Crippen molar-refractivity contribution in [1.82, 2.24) is 5.32 Å². The molecule has 0 heterocycles. The maximum absolute atomic E-state index is 12.2. The molecule has 1 amide bonds. The molecule has 0 unspecified atom stereocenters. The minimum atomic E-state index is -4.55. The number of aliphatic hydroxyl groups excluding tert-OH is 2. The SMILES string of the molecule is N[C@H](Cc1ccc(-c2cccc(Cl)c2)cc1)C[C@@H](O)C(=O)OCc1ccccc1.O=C(N[C@H](Cc1ccc(-c2cccc(Cl)c2)cc1)C[C@@H](O)C(=O)O)C(=O)OCCC(F)(F)F. The number of halogens is 5. The molecule has 0 aromatic heterocycles. The van der Waals surface area contributed by atoms with Gasteiger partial charge in [0.1, 0.15) is 13.2 Å². The summed E-state index contributed by atoms with van der Waals surface area (Å²) in [6.07, 6.45) is -8.73. The number of carboxylic acid groups (broad SMARTS) is 1. The van der Waals surface area contributed by atoms with Gasteiger partial charge in [-0.25, -0.2) is 14.4 Å². The second-order valence-corrected chi connectivity index (χ2v) is 15.1. The number of aliphatic hydroxyl groups is 2. The smallest absolute Gasteiger partial charge is 0.396 e. The van der Waals surface area contributed by atoms with Gasteiger partial charge in [0.15, 0.2) is 12.2 Å². The monoisotopic (exact) mass is 896 g/mol. The van der Waals surface area contributed by atoms with Crippen LogP contribution in [0.5, 0.6) is 0 Å². The van der Waals surface area contributed by atoms with Crippen LogP contribution >= 0.6 is 23.2 Å². The molecule has 5 aromatic rings. The van der Waals surface area contributed by atoms with Crippen LogP contribution in [0.25, 0.3) is 22.3 Å². The molecule has 0 radical (unpaired) electrons. The van der Waals surface area contributed by atoms with Crippen molar-refractivity contribution in [2.24, 2.45) is 5.73 Å². The summed E-state index contributed by atoms with van der Waals surface area (Å²) in [6, 6.07) is 37.8. The Hall–Kier alpha value is -5.77. The molecule has 6 N–H and O–H groups in total. The van der Waals surface area contributed by atoms with Crippen LogP contribution < -0.4 is 11.1 Å². The van der Waals surface area contributed by atoms with E-state index < -0.39 is 67.7 Å². The molecule has 0 aliphatic heterocycles. The van der Waals surface area contributed by atoms with Crippen LogP contribution in [0, 0.1) is 0 Å². The standard InChI is InChI=1S/C24H24ClNO3.C22H21ClF3NO6/c25-21-8-4-7-20(14-21)19-11-9-17(10-12-19)13-22(26)15-23(27)24(28)29-16-18-5-2-1-3-6-18;23-16-3-1-2-15(11-16)14-6-4-13(5-7-14)10-17(12-18(28)20(30)31)27-19(29)21(32)33-9-8-22(24,25)26/h1-12,14,22-23,27H,13,15-16,26H2;1-7,11,17-18,28H,8-10,12H2,(H,27,29)(H,30,31)/t22-,23-;17-,18-/m11/s1. The van der Waals surface area contributed by atoms with Crippen molar-refractivity contribution in [2.45, 2.75) is 69.2 Å². The Bertz CT molecular complexity index is 2230. The van der Waals surface area contributed by atoms with Gasteiger partial charge in [0, 0.05) is 28.5 Å². The topological polar surface area (TPSA) is 185 Å². The van der Waals surface area contributed by atoms with Crippen LogP contribution in [0.3, 0.4) is 0 Å². The van der Waals surface area contributed by atoms with E-state index in [4.69, 9.17) is 38.8 Å². The average molecular weight is 898 g/mol. The highest BCUT2D eigenvalue weighted by Gasteiger charge is 2.29. The first-order valence-electron chi connectivity index (χ1n) is 19.2. The Balaban J connectivity index is 0.000000275. The number of hydrogen-bond acceptors (Lipinski definition) is 9. The number of benzene rings is 5. The van der Waals surface area contributed by atoms with E-state index in [2.05, 4.69) is 10.1 Å². The summed E-state index contributed by atoms with van der Waals surface area (Å²) in [5.74, 6) is -5.06. The highest BCUT2D eigenvalue weighted by molar-refractivity contribution is 6.32. The van der Waals surface area contributed by atoms with Crippen LogP contribution in [0.2, 0.25) is 10.0 Å². The van der Waals surface area contributed by atoms with Crippen molar-refractivity contribution < 1.29 is 57.1 Å². The quantitative estimate of drug-likeness (QED) is 0.0457. The number of nitrogens with one attached hydrogen (secondary N) is 1. The predicted molar refractivity (Wildman–Crippen MR) is 228 cm³/mol. The number of esters is 2. The van der Waals surface area contributed by atoms with Crippen molar-refractivity contribution in [1.29, 1.82) is 0 Å². The zero-order valence-corrected chi connectivity index (χ0v) is 34.7. The number of carboxylic acids is 1. The molecule has 0 bridgehead atoms. The summed E-state index contributed by atoms with van der Waals surface area (Å²) >= 11 is 12.0. The first-order chi connectivity index (χ1) is 29.4. The van der Waals surface area contributed by atoms with E-state index in [-0.39, 0.29) is 25.5 Å². The predicted octanol–water partition coefficient (Wildman–Crippen LogP) is 7.74. The van der Waals surface area contributed by atoms with Crippen LogP contribution in [0.1, 0.15) is 36.0 Å². The molecular formula is C46H45Cl2F3N2O9. The van der Waals surface area contributed by atoms with Gasteiger partial charge in [-0.15, -0.1) is 0 Å². The number of carbonyl (C=O) groups excluding carboxylic acids is 3. The van der Waals surface area contributed by atoms with Gasteiger partial charge in [-0.1, -0.05) is 126 Å². The van der Waals surface area contributed by atoms with Gasteiger partial charge < -0.3 is 35.8 Å². The highest BCUT2D eigenvalue weighted by atomic mass is 35.5. The normalized spacial score (nSPS) is 13.0. The summed E-state index contributed by atoms with van der Waals surface area (Å²) in [4.78, 5) is 46.7. The maximum Gasteiger partial charge on any atom is 0.396 e. The molecular weight excluding hydrogens is 852 g/mol. The Morgan fingerprint density at radius 3 is 1.68 bits per heavy atom. The lowest BCUT2D eigenvalue weighted by molar-refractivity contribution is -0.165. The molecule has 62 heavy (non-hydrogen) atoms. The number of alkyl halides is 3. The van der Waals surface area contributed by atoms with Crippen LogP contribution in [0.4, 0.5) is 13.2 Å². The third-order valence-corrected chi connectivity index (χ3v) is 9.63. The van der Waals surface area contributed by atoms with Gasteiger partial charge in [0.05, 0.1) is 6.42 Å². The lowest BCUT2D eigenvalue weighted by Crippen LogP contribution is -2.44. The van der Waals surface area contributed by atoms with Gasteiger partial charge in [0.2, 0.25) is 0 Å². The molecule has 5 aromatic carbocycles. The summed E-state index contributed by atoms with van der Waals surface area (Å²) in [6.45, 7) is -0.889. The molecule has 328 valence electrons. The minimum absolute atomic E-state index is 0.0434. The Morgan fingerprint density at radius 2 is 1.18 bits per heavy atom. The molecule has 5 rings (SSSR count). The third-order valence-electron chi connectivity index (χ3n) is 9.16. The molecule has 0 saturated carbocycles. The van der Waals surface area contributed by atoms with E-state index >= 15 is 0 Å². The molecule has 0 aliphatic carbocycles. The fourth-order valence-electron chi connectivity index (χ4n) is 6.01. The summed E-state index contributed by atoms with van der Waals surface area (Å²) in [5, 5.41) is 32.2. The van der Waals surface area contributed by atoms with E-state index in [0.29, 0.717) is 22.0 Å². The molecule has 4 atom stereocenters. The fraction of sp³-hybridized carbons (Fsp3) is 0.261. The lowest BCUT2D eigenvalue weighted by atomic mass is 9.98. The first kappa shape index (κ1) is 48.9. The average Bonchev–Trinajstić information content (AvgIpc) is 3.23. The van der Waals surface area contributed by atoms with E-state index in [9.17, 15) is 42.6 Å². The van der Waals surface area contributed by atoms with E-state index in [0.717, 1.165) is 33.4 Å². The highest BCUT2D eigenvalue weighted by Crippen LogP contribution is 2.25. The maximum atomic E-state index is 12.2. The Morgan fingerprint density at radius 1 is 0.645 bits per heavy atom. The van der Waals surface area contributed by atoms with E-state index in [1.54, 1.807) is 42.5 Å². The van der Waals surface area contributed by atoms with Gasteiger partial charge in [-0.2, -0.15) is 13.2 Å². The van der Waals surface area contributed by atoms with Gasteiger partial charge >= 0.3 is 30.0 Å². The number of carbonyl (C=O) groups is 4. The van der Waals surface area contributed by atoms with Crippen LogP contribution in [0.15, 0.2) is 127 Å². The number of amides is 1. The Kier molecular flexibility index (Phi) is 18.9. The second kappa shape index (κ2) is 24.0. The van der Waals surface area contributed by atoms with Gasteiger partial charge in [-0.3, -0.25) is 4.79 Å². The molecule has 0 aliphatic rings. The first-order valence-corrected chi connectivity index (χ1v) is 20.0. The third kappa shape index (κ3) is 17.3. The number of hydrogen-bond donors (Lipinski definition) is 5. The second-order valence-electron chi connectivity index (χ2n) is 14.2. The van der Waals surface area contributed by atoms with Crippen LogP contribution in [-0.2, 0) is 48.1 Å². The van der Waals surface area contributed by atoms with Crippen molar-refractivity contribution in [3.8, 4) is 22.3 Å². The fourth-order valence-corrected chi connectivity index (χ4v) is 6.39. The van der Waals surface area contributed by atoms with Crippen molar-refractivity contribution in [2.75, 3.05) is 6.61 Å². The number of ether oxygens (including phenoxy) is 2.